The van der Waals surface area contributed by atoms with E-state index in [4.69, 9.17) is 5.73 Å². The Bertz CT molecular complexity index is 734. The fraction of sp³-hybridized carbons (Fsp3) is 0.0833. The molecule has 0 bridgehead atoms. The summed E-state index contributed by atoms with van der Waals surface area (Å²) in [6, 6.07) is 6.28. The highest BCUT2D eigenvalue weighted by atomic mass is 19.1. The van der Waals surface area contributed by atoms with E-state index in [2.05, 4.69) is 15.2 Å². The first-order valence-corrected chi connectivity index (χ1v) is 5.38. The van der Waals surface area contributed by atoms with Crippen molar-refractivity contribution >= 4 is 11.3 Å². The molecule has 2 N–H and O–H groups in total. The van der Waals surface area contributed by atoms with Crippen molar-refractivity contribution in [3.8, 4) is 11.4 Å². The van der Waals surface area contributed by atoms with Gasteiger partial charge in [0.25, 0.3) is 0 Å². The monoisotopic (exact) mass is 243 g/mol. The van der Waals surface area contributed by atoms with Crippen LogP contribution in [0.15, 0.2) is 30.6 Å². The number of rotatable bonds is 1. The molecule has 5 nitrogen and oxygen atoms in total. The van der Waals surface area contributed by atoms with E-state index < -0.39 is 5.82 Å². The summed E-state index contributed by atoms with van der Waals surface area (Å²) in [6.45, 7) is 1.88. The van der Waals surface area contributed by atoms with Gasteiger partial charge < -0.3 is 5.73 Å². The van der Waals surface area contributed by atoms with Gasteiger partial charge in [-0.1, -0.05) is 0 Å². The molecule has 3 rings (SSSR count). The Morgan fingerprint density at radius 3 is 2.83 bits per heavy atom. The minimum atomic E-state index is -0.443. The Balaban J connectivity index is 2.22. The molecular formula is C12H10FN5. The van der Waals surface area contributed by atoms with Crippen LogP contribution in [0.2, 0.25) is 0 Å². The zero-order valence-corrected chi connectivity index (χ0v) is 9.63. The third-order valence-corrected chi connectivity index (χ3v) is 2.69. The van der Waals surface area contributed by atoms with Gasteiger partial charge in [-0.2, -0.15) is 0 Å². The summed E-state index contributed by atoms with van der Waals surface area (Å²) in [5.41, 5.74) is 7.89. The van der Waals surface area contributed by atoms with Crippen LogP contribution in [-0.4, -0.2) is 19.6 Å². The van der Waals surface area contributed by atoms with E-state index in [-0.39, 0.29) is 5.69 Å². The van der Waals surface area contributed by atoms with Gasteiger partial charge in [0.1, 0.15) is 12.1 Å². The maximum absolute atomic E-state index is 13.1. The number of hydrogen-bond donors (Lipinski definition) is 1. The quantitative estimate of drug-likeness (QED) is 0.662. The Morgan fingerprint density at radius 2 is 2.06 bits per heavy atom. The highest BCUT2D eigenvalue weighted by Gasteiger charge is 2.10. The minimum absolute atomic E-state index is 0.0873. The third-order valence-electron chi connectivity index (χ3n) is 2.69. The first-order valence-electron chi connectivity index (χ1n) is 5.38. The van der Waals surface area contributed by atoms with Crippen molar-refractivity contribution in [3.63, 3.8) is 0 Å². The van der Waals surface area contributed by atoms with E-state index in [0.717, 1.165) is 5.69 Å². The van der Waals surface area contributed by atoms with Gasteiger partial charge in [0, 0.05) is 17.3 Å². The van der Waals surface area contributed by atoms with Crippen LogP contribution in [0.25, 0.3) is 17.0 Å². The average molecular weight is 243 g/mol. The smallest absolute Gasteiger partial charge is 0.169 e. The number of aryl methyl sites for hydroxylation is 1. The van der Waals surface area contributed by atoms with Gasteiger partial charge in [0.15, 0.2) is 11.5 Å². The third kappa shape index (κ3) is 1.58. The molecular weight excluding hydrogens is 233 g/mol. The molecule has 0 fully saturated rings. The van der Waals surface area contributed by atoms with Gasteiger partial charge in [-0.3, -0.25) is 4.40 Å². The second-order valence-electron chi connectivity index (χ2n) is 4.02. The average Bonchev–Trinajstić information content (AvgIpc) is 2.75. The summed E-state index contributed by atoms with van der Waals surface area (Å²) in [4.78, 5) is 4.18. The minimum Gasteiger partial charge on any atom is -0.396 e. The van der Waals surface area contributed by atoms with Crippen molar-refractivity contribution in [1.29, 1.82) is 0 Å². The summed E-state index contributed by atoms with van der Waals surface area (Å²) in [5.74, 6) is 0.144. The van der Waals surface area contributed by atoms with E-state index in [1.54, 1.807) is 16.8 Å². The molecule has 0 saturated carbocycles. The number of nitrogen functional groups attached to an aromatic ring is 1. The number of nitrogens with zero attached hydrogens (tertiary/aromatic N) is 4. The summed E-state index contributed by atoms with van der Waals surface area (Å²) in [7, 11) is 0. The summed E-state index contributed by atoms with van der Waals surface area (Å²) >= 11 is 0. The normalized spacial score (nSPS) is 11.0. The number of fused-ring (bicyclic) bond motifs is 1. The van der Waals surface area contributed by atoms with Crippen LogP contribution < -0.4 is 5.73 Å². The predicted molar refractivity (Wildman–Crippen MR) is 65.3 cm³/mol. The molecule has 6 heteroatoms. The lowest BCUT2D eigenvalue weighted by molar-refractivity contribution is 0.632. The second kappa shape index (κ2) is 3.76. The molecule has 0 saturated heterocycles. The van der Waals surface area contributed by atoms with Crippen molar-refractivity contribution in [3.05, 3.63) is 42.1 Å². The Hall–Kier alpha value is -2.50. The molecule has 0 spiro atoms. The fourth-order valence-corrected chi connectivity index (χ4v) is 1.77. The van der Waals surface area contributed by atoms with Crippen LogP contribution in [0.5, 0.6) is 0 Å². The molecule has 3 aromatic rings. The molecule has 0 aliphatic heterocycles. The molecule has 0 aliphatic carbocycles. The zero-order valence-electron chi connectivity index (χ0n) is 9.63. The summed E-state index contributed by atoms with van der Waals surface area (Å²) in [5, 5.41) is 8.12. The molecule has 0 atom stereocenters. The number of anilines is 1. The van der Waals surface area contributed by atoms with Gasteiger partial charge in [-0.15, -0.1) is 10.2 Å². The number of hydrogen-bond acceptors (Lipinski definition) is 4. The van der Waals surface area contributed by atoms with Crippen molar-refractivity contribution in [1.82, 2.24) is 19.6 Å². The lowest BCUT2D eigenvalue weighted by Crippen LogP contribution is -1.95. The number of benzene rings is 1. The lowest BCUT2D eigenvalue weighted by atomic mass is 10.2. The van der Waals surface area contributed by atoms with Crippen LogP contribution in [0.1, 0.15) is 5.69 Å². The number of aromatic nitrogens is 4. The van der Waals surface area contributed by atoms with E-state index in [0.29, 0.717) is 17.0 Å². The SMILES string of the molecule is Cc1cc2nnc(-c3ccc(F)c(N)c3)n2cn1. The Morgan fingerprint density at radius 1 is 1.22 bits per heavy atom. The molecule has 2 heterocycles. The topological polar surface area (TPSA) is 69.1 Å². The lowest BCUT2D eigenvalue weighted by Gasteiger charge is -2.02. The largest absolute Gasteiger partial charge is 0.396 e. The van der Waals surface area contributed by atoms with Crippen LogP contribution in [0.4, 0.5) is 10.1 Å². The van der Waals surface area contributed by atoms with Crippen LogP contribution in [0, 0.1) is 12.7 Å². The van der Waals surface area contributed by atoms with Crippen LogP contribution in [-0.2, 0) is 0 Å². The van der Waals surface area contributed by atoms with Gasteiger partial charge in [-0.25, -0.2) is 9.37 Å². The van der Waals surface area contributed by atoms with Crippen molar-refractivity contribution in [2.24, 2.45) is 0 Å². The maximum Gasteiger partial charge on any atom is 0.169 e. The molecule has 1 aromatic carbocycles. The highest BCUT2D eigenvalue weighted by Crippen LogP contribution is 2.22. The van der Waals surface area contributed by atoms with Gasteiger partial charge in [0.2, 0.25) is 0 Å². The second-order valence-corrected chi connectivity index (χ2v) is 4.02. The maximum atomic E-state index is 13.1. The Labute approximate surface area is 102 Å². The summed E-state index contributed by atoms with van der Waals surface area (Å²) in [6.07, 6.45) is 1.64. The fourth-order valence-electron chi connectivity index (χ4n) is 1.77. The number of halogens is 1. The molecule has 0 unspecified atom stereocenters. The molecule has 0 amide bonds. The van der Waals surface area contributed by atoms with Crippen molar-refractivity contribution in [2.45, 2.75) is 6.92 Å². The van der Waals surface area contributed by atoms with E-state index in [1.165, 1.54) is 12.1 Å². The van der Waals surface area contributed by atoms with Gasteiger partial charge in [0.05, 0.1) is 5.69 Å². The molecule has 2 aromatic heterocycles. The van der Waals surface area contributed by atoms with Crippen LogP contribution in [0.3, 0.4) is 0 Å². The van der Waals surface area contributed by atoms with E-state index >= 15 is 0 Å². The standard InChI is InChI=1S/C12H10FN5/c1-7-4-11-16-17-12(18(11)6-15-7)8-2-3-9(13)10(14)5-8/h2-6H,14H2,1H3. The molecule has 90 valence electrons. The van der Waals surface area contributed by atoms with E-state index in [1.807, 2.05) is 13.0 Å². The molecule has 0 radical (unpaired) electrons. The molecule has 0 aliphatic rings. The highest BCUT2D eigenvalue weighted by molar-refractivity contribution is 5.64. The zero-order chi connectivity index (χ0) is 12.7. The van der Waals surface area contributed by atoms with Crippen molar-refractivity contribution < 1.29 is 4.39 Å². The predicted octanol–water partition coefficient (Wildman–Crippen LogP) is 1.82. The molecule has 18 heavy (non-hydrogen) atoms. The summed E-state index contributed by atoms with van der Waals surface area (Å²) < 4.78 is 14.9. The first kappa shape index (κ1) is 10.6. The Kier molecular flexibility index (Phi) is 2.22. The van der Waals surface area contributed by atoms with Gasteiger partial charge in [-0.05, 0) is 25.1 Å². The van der Waals surface area contributed by atoms with Crippen molar-refractivity contribution in [2.75, 3.05) is 5.73 Å². The van der Waals surface area contributed by atoms with Crippen LogP contribution >= 0.6 is 0 Å². The first-order chi connectivity index (χ1) is 8.65. The van der Waals surface area contributed by atoms with E-state index in [9.17, 15) is 4.39 Å². The van der Waals surface area contributed by atoms with Gasteiger partial charge >= 0.3 is 0 Å². The number of nitrogens with two attached hydrogens (primary N) is 1.